The minimum absolute atomic E-state index is 0.114. The van der Waals surface area contributed by atoms with Gasteiger partial charge in [0.1, 0.15) is 11.5 Å². The van der Waals surface area contributed by atoms with Crippen LogP contribution in [0.5, 0.6) is 11.5 Å². The molecule has 25 heavy (non-hydrogen) atoms. The molecular formula is C20H24N2O3. The second-order valence-corrected chi connectivity index (χ2v) is 6.28. The van der Waals surface area contributed by atoms with Crippen LogP contribution < -0.4 is 20.1 Å². The number of anilines is 2. The summed E-state index contributed by atoms with van der Waals surface area (Å²) in [5, 5.41) is 6.36. The molecule has 5 nitrogen and oxygen atoms in total. The minimum atomic E-state index is -0.114. The maximum absolute atomic E-state index is 11.3. The standard InChI is InChI=1S/C20H24N2O3/c1-13(23)21-18-10-8-16(12-20(18)25-3)22-15-7-9-17-14(11-15)5-4-6-19(17)24-2/h4-6,8,10,12,15,22H,7,9,11H2,1-3H3,(H,21,23)/t15-/m0/s1. The van der Waals surface area contributed by atoms with E-state index in [9.17, 15) is 4.79 Å². The molecule has 0 fully saturated rings. The van der Waals surface area contributed by atoms with Crippen LogP contribution in [-0.2, 0) is 17.6 Å². The normalized spacial score (nSPS) is 15.9. The highest BCUT2D eigenvalue weighted by atomic mass is 16.5. The number of carbonyl (C=O) groups is 1. The smallest absolute Gasteiger partial charge is 0.221 e. The summed E-state index contributed by atoms with van der Waals surface area (Å²) in [6.45, 7) is 1.49. The third-order valence-electron chi connectivity index (χ3n) is 4.54. The Labute approximate surface area is 148 Å². The van der Waals surface area contributed by atoms with Crippen LogP contribution in [0.3, 0.4) is 0 Å². The lowest BCUT2D eigenvalue weighted by Gasteiger charge is -2.27. The maximum atomic E-state index is 11.3. The zero-order chi connectivity index (χ0) is 17.8. The summed E-state index contributed by atoms with van der Waals surface area (Å²) in [6, 6.07) is 12.4. The van der Waals surface area contributed by atoms with Crippen LogP contribution in [0.15, 0.2) is 36.4 Å². The van der Waals surface area contributed by atoms with Gasteiger partial charge in [-0.3, -0.25) is 4.79 Å². The number of rotatable bonds is 5. The Bertz CT molecular complexity index is 774. The number of benzene rings is 2. The van der Waals surface area contributed by atoms with E-state index in [-0.39, 0.29) is 5.91 Å². The molecule has 5 heteroatoms. The third-order valence-corrected chi connectivity index (χ3v) is 4.54. The van der Waals surface area contributed by atoms with Gasteiger partial charge in [-0.2, -0.15) is 0 Å². The molecule has 2 N–H and O–H groups in total. The topological polar surface area (TPSA) is 59.6 Å². The van der Waals surface area contributed by atoms with E-state index in [4.69, 9.17) is 9.47 Å². The molecule has 0 aromatic heterocycles. The highest BCUT2D eigenvalue weighted by Crippen LogP contribution is 2.32. The molecule has 1 atom stereocenters. The second kappa shape index (κ2) is 7.47. The van der Waals surface area contributed by atoms with Crippen molar-refractivity contribution in [1.29, 1.82) is 0 Å². The molecule has 3 rings (SSSR count). The number of hydrogen-bond donors (Lipinski definition) is 2. The highest BCUT2D eigenvalue weighted by Gasteiger charge is 2.21. The molecule has 1 aliphatic carbocycles. The van der Waals surface area contributed by atoms with E-state index in [1.54, 1.807) is 14.2 Å². The van der Waals surface area contributed by atoms with Crippen LogP contribution in [-0.4, -0.2) is 26.2 Å². The predicted molar refractivity (Wildman–Crippen MR) is 99.7 cm³/mol. The van der Waals surface area contributed by atoms with Gasteiger partial charge in [0.25, 0.3) is 0 Å². The van der Waals surface area contributed by atoms with Crippen molar-refractivity contribution >= 4 is 17.3 Å². The van der Waals surface area contributed by atoms with E-state index in [1.165, 1.54) is 18.1 Å². The van der Waals surface area contributed by atoms with E-state index in [2.05, 4.69) is 16.7 Å². The molecule has 0 saturated carbocycles. The zero-order valence-electron chi connectivity index (χ0n) is 14.9. The van der Waals surface area contributed by atoms with Gasteiger partial charge < -0.3 is 20.1 Å². The lowest BCUT2D eigenvalue weighted by atomic mass is 9.87. The number of methoxy groups -OCH3 is 2. The van der Waals surface area contributed by atoms with Crippen LogP contribution in [0.4, 0.5) is 11.4 Å². The summed E-state index contributed by atoms with van der Waals surface area (Å²) in [7, 11) is 3.33. The molecule has 0 bridgehead atoms. The molecule has 0 saturated heterocycles. The van der Waals surface area contributed by atoms with E-state index >= 15 is 0 Å². The Balaban J connectivity index is 1.74. The molecule has 2 aromatic rings. The van der Waals surface area contributed by atoms with Crippen molar-refractivity contribution in [2.75, 3.05) is 24.9 Å². The van der Waals surface area contributed by atoms with Crippen LogP contribution >= 0.6 is 0 Å². The van der Waals surface area contributed by atoms with Gasteiger partial charge in [0.05, 0.1) is 19.9 Å². The van der Waals surface area contributed by atoms with Gasteiger partial charge in [0.15, 0.2) is 0 Å². The number of carbonyl (C=O) groups excluding carboxylic acids is 1. The molecule has 1 aliphatic rings. The fraction of sp³-hybridized carbons (Fsp3) is 0.350. The van der Waals surface area contributed by atoms with Crippen molar-refractivity contribution in [3.63, 3.8) is 0 Å². The van der Waals surface area contributed by atoms with Crippen LogP contribution in [0, 0.1) is 0 Å². The molecule has 132 valence electrons. The first-order valence-corrected chi connectivity index (χ1v) is 8.47. The SMILES string of the molecule is COc1cc(N[C@H]2CCc3c(cccc3OC)C2)ccc1NC(C)=O. The van der Waals surface area contributed by atoms with Gasteiger partial charge in [-0.15, -0.1) is 0 Å². The monoisotopic (exact) mass is 340 g/mol. The lowest BCUT2D eigenvalue weighted by Crippen LogP contribution is -2.27. The van der Waals surface area contributed by atoms with Crippen LogP contribution in [0.1, 0.15) is 24.5 Å². The van der Waals surface area contributed by atoms with Gasteiger partial charge in [-0.25, -0.2) is 0 Å². The first-order chi connectivity index (χ1) is 12.1. The van der Waals surface area contributed by atoms with Gasteiger partial charge >= 0.3 is 0 Å². The fourth-order valence-electron chi connectivity index (χ4n) is 3.40. The first kappa shape index (κ1) is 17.1. The average molecular weight is 340 g/mol. The Kier molecular flexibility index (Phi) is 5.12. The largest absolute Gasteiger partial charge is 0.496 e. The minimum Gasteiger partial charge on any atom is -0.496 e. The molecule has 0 radical (unpaired) electrons. The summed E-state index contributed by atoms with van der Waals surface area (Å²) >= 11 is 0. The second-order valence-electron chi connectivity index (χ2n) is 6.28. The molecule has 0 heterocycles. The van der Waals surface area contributed by atoms with Crippen LogP contribution in [0.2, 0.25) is 0 Å². The van der Waals surface area contributed by atoms with Crippen LogP contribution in [0.25, 0.3) is 0 Å². The third kappa shape index (κ3) is 3.87. The van der Waals surface area contributed by atoms with Crippen molar-refractivity contribution in [1.82, 2.24) is 0 Å². The number of hydrogen-bond acceptors (Lipinski definition) is 4. The van der Waals surface area contributed by atoms with E-state index in [1.807, 2.05) is 30.3 Å². The Morgan fingerprint density at radius 3 is 2.64 bits per heavy atom. The average Bonchev–Trinajstić information content (AvgIpc) is 2.61. The quantitative estimate of drug-likeness (QED) is 0.872. The highest BCUT2D eigenvalue weighted by molar-refractivity contribution is 5.90. The van der Waals surface area contributed by atoms with Crippen molar-refractivity contribution < 1.29 is 14.3 Å². The summed E-state index contributed by atoms with van der Waals surface area (Å²) in [5.74, 6) is 1.52. The maximum Gasteiger partial charge on any atom is 0.221 e. The fourth-order valence-corrected chi connectivity index (χ4v) is 3.40. The Morgan fingerprint density at radius 2 is 1.92 bits per heavy atom. The zero-order valence-corrected chi connectivity index (χ0v) is 14.9. The predicted octanol–water partition coefficient (Wildman–Crippen LogP) is 3.63. The summed E-state index contributed by atoms with van der Waals surface area (Å²) in [6.07, 6.45) is 3.00. The van der Waals surface area contributed by atoms with E-state index < -0.39 is 0 Å². The molecule has 1 amide bonds. The van der Waals surface area contributed by atoms with Gasteiger partial charge in [0.2, 0.25) is 5.91 Å². The number of ether oxygens (including phenoxy) is 2. The number of nitrogens with one attached hydrogen (secondary N) is 2. The molecular weight excluding hydrogens is 316 g/mol. The summed E-state index contributed by atoms with van der Waals surface area (Å²) in [4.78, 5) is 11.3. The Morgan fingerprint density at radius 1 is 1.12 bits per heavy atom. The number of amides is 1. The summed E-state index contributed by atoms with van der Waals surface area (Å²) in [5.41, 5.74) is 4.33. The number of fused-ring (bicyclic) bond motifs is 1. The summed E-state index contributed by atoms with van der Waals surface area (Å²) < 4.78 is 10.9. The molecule has 2 aromatic carbocycles. The van der Waals surface area contributed by atoms with Gasteiger partial charge in [-0.1, -0.05) is 12.1 Å². The van der Waals surface area contributed by atoms with E-state index in [0.29, 0.717) is 17.5 Å². The van der Waals surface area contributed by atoms with Crippen molar-refractivity contribution in [2.45, 2.75) is 32.2 Å². The lowest BCUT2D eigenvalue weighted by molar-refractivity contribution is -0.114. The van der Waals surface area contributed by atoms with E-state index in [0.717, 1.165) is 30.7 Å². The molecule has 0 aliphatic heterocycles. The van der Waals surface area contributed by atoms with Crippen molar-refractivity contribution in [3.05, 3.63) is 47.5 Å². The first-order valence-electron chi connectivity index (χ1n) is 8.47. The van der Waals surface area contributed by atoms with Gasteiger partial charge in [0, 0.05) is 24.7 Å². The molecule has 0 unspecified atom stereocenters. The molecule has 0 spiro atoms. The van der Waals surface area contributed by atoms with Gasteiger partial charge in [-0.05, 0) is 48.6 Å². The van der Waals surface area contributed by atoms with Crippen molar-refractivity contribution in [2.24, 2.45) is 0 Å². The van der Waals surface area contributed by atoms with Crippen molar-refractivity contribution in [3.8, 4) is 11.5 Å². The Hall–Kier alpha value is -2.69.